The van der Waals surface area contributed by atoms with E-state index in [9.17, 15) is 35.6 Å². The van der Waals surface area contributed by atoms with Crippen LogP contribution >= 0.6 is 11.6 Å². The molecule has 2 aliphatic carbocycles. The van der Waals surface area contributed by atoms with Gasteiger partial charge >= 0.3 is 0 Å². The first-order chi connectivity index (χ1) is 26.3. The van der Waals surface area contributed by atoms with Crippen LogP contribution in [-0.2, 0) is 40.8 Å². The molecule has 1 fully saturated rings. The van der Waals surface area contributed by atoms with Crippen LogP contribution in [0.1, 0.15) is 58.8 Å². The molecule has 1 unspecified atom stereocenters. The highest BCUT2D eigenvalue weighted by molar-refractivity contribution is 7.92. The molecule has 1 amide bonds. The van der Waals surface area contributed by atoms with Gasteiger partial charge in [0.05, 0.1) is 39.3 Å². The number of halogens is 7. The number of rotatable bonds is 10. The Balaban J connectivity index is 1.32. The van der Waals surface area contributed by atoms with Crippen molar-refractivity contribution in [2.45, 2.75) is 50.6 Å². The van der Waals surface area contributed by atoms with E-state index in [1.54, 1.807) is 13.0 Å². The first kappa shape index (κ1) is 37.4. The minimum atomic E-state index is -3.89. The number of sulfonamides is 1. The van der Waals surface area contributed by atoms with Gasteiger partial charge in [-0.05, 0) is 61.2 Å². The van der Waals surface area contributed by atoms with Gasteiger partial charge in [0.25, 0.3) is 17.9 Å². The molecule has 13 nitrogen and oxygen atoms in total. The summed E-state index contributed by atoms with van der Waals surface area (Å²) in [5.74, 6) is -8.99. The second kappa shape index (κ2) is 13.0. The summed E-state index contributed by atoms with van der Waals surface area (Å²) in [6.07, 6.45) is -2.74. The summed E-state index contributed by atoms with van der Waals surface area (Å²) in [6, 6.07) is 6.84. The van der Waals surface area contributed by atoms with Gasteiger partial charge in [0, 0.05) is 36.7 Å². The average Bonchev–Trinajstić information content (AvgIpc) is 3.63. The molecule has 8 rings (SSSR count). The number of hydrogen-bond acceptors (Lipinski definition) is 8. The first-order valence-electron chi connectivity index (χ1n) is 16.9. The van der Waals surface area contributed by atoms with E-state index >= 15 is 8.78 Å². The van der Waals surface area contributed by atoms with E-state index in [2.05, 4.69) is 30.2 Å². The van der Waals surface area contributed by atoms with Crippen LogP contribution in [-0.4, -0.2) is 54.7 Å². The normalized spacial score (nSPS) is 17.7. The van der Waals surface area contributed by atoms with Gasteiger partial charge in [-0.25, -0.2) is 35.9 Å². The Morgan fingerprint density at radius 2 is 1.79 bits per heavy atom. The van der Waals surface area contributed by atoms with Crippen molar-refractivity contribution in [3.63, 3.8) is 0 Å². The molecule has 21 heteroatoms. The molecule has 0 saturated heterocycles. The molecule has 1 saturated carbocycles. The van der Waals surface area contributed by atoms with E-state index in [0.717, 1.165) is 23.0 Å². The van der Waals surface area contributed by atoms with E-state index < -0.39 is 87.7 Å². The molecule has 4 heterocycles. The zero-order valence-corrected chi connectivity index (χ0v) is 30.9. The van der Waals surface area contributed by atoms with Crippen LogP contribution in [0.2, 0.25) is 5.02 Å². The molecular formula is C35H28ClF6N9O4S. The lowest BCUT2D eigenvalue weighted by molar-refractivity contribution is -0.123. The van der Waals surface area contributed by atoms with Crippen molar-refractivity contribution in [1.29, 1.82) is 0 Å². The summed E-state index contributed by atoms with van der Waals surface area (Å²) in [4.78, 5) is 37.5. The first-order valence-corrected chi connectivity index (χ1v) is 19.1. The number of carbonyl (C=O) groups is 1. The topological polar surface area (TPSA) is 159 Å². The predicted octanol–water partition coefficient (Wildman–Crippen LogP) is 5.72. The molecule has 0 radical (unpaired) electrons. The zero-order valence-electron chi connectivity index (χ0n) is 29.3. The number of hydrogen-bond donors (Lipinski definition) is 2. The number of amides is 1. The second-order valence-electron chi connectivity index (χ2n) is 13.9. The molecule has 4 aromatic heterocycles. The molecule has 2 N–H and O–H groups in total. The van der Waals surface area contributed by atoms with Gasteiger partial charge in [-0.15, -0.1) is 0 Å². The number of carbonyl (C=O) groups excluding carboxylic acids is 1. The SMILES string of the molecule is Cc1ccc2c(=O)n(-c3ccc(Cl)c4c(NS(C)(=O)=O)nn(C)c34)c(C(Cc3cc(F)cc(F)c3)NC(=O)Cn3nc(C(F)F)c4c3C(F)(F)[C@@H]3C[C@H]43)nc2n1. The molecule has 6 aromatic rings. The third kappa shape index (κ3) is 6.33. The Kier molecular flexibility index (Phi) is 8.71. The quantitative estimate of drug-likeness (QED) is 0.166. The Morgan fingerprint density at radius 3 is 2.46 bits per heavy atom. The summed E-state index contributed by atoms with van der Waals surface area (Å²) < 4.78 is 118. The van der Waals surface area contributed by atoms with Crippen molar-refractivity contribution in [3.8, 4) is 5.69 Å². The maximum atomic E-state index is 15.4. The molecule has 292 valence electrons. The molecule has 0 bridgehead atoms. The van der Waals surface area contributed by atoms with E-state index in [1.807, 2.05) is 0 Å². The Morgan fingerprint density at radius 1 is 1.07 bits per heavy atom. The van der Waals surface area contributed by atoms with Gasteiger partial charge in [0.1, 0.15) is 35.4 Å². The van der Waals surface area contributed by atoms with E-state index in [4.69, 9.17) is 11.6 Å². The van der Waals surface area contributed by atoms with Crippen LogP contribution < -0.4 is 15.6 Å². The third-order valence-corrected chi connectivity index (χ3v) is 10.7. The second-order valence-corrected chi connectivity index (χ2v) is 16.0. The summed E-state index contributed by atoms with van der Waals surface area (Å²) in [5.41, 5.74) is -2.21. The number of aryl methyl sites for hydroxylation is 2. The largest absolute Gasteiger partial charge is 0.344 e. The van der Waals surface area contributed by atoms with Crippen molar-refractivity contribution >= 4 is 55.3 Å². The summed E-state index contributed by atoms with van der Waals surface area (Å²) in [5, 5.41) is 10.7. The Bertz CT molecular complexity index is 2810. The van der Waals surface area contributed by atoms with Crippen molar-refractivity contribution in [3.05, 3.63) is 104 Å². The van der Waals surface area contributed by atoms with E-state index in [-0.39, 0.29) is 61.8 Å². The monoisotopic (exact) mass is 819 g/mol. The highest BCUT2D eigenvalue weighted by atomic mass is 35.5. The van der Waals surface area contributed by atoms with Crippen molar-refractivity contribution in [1.82, 2.24) is 39.4 Å². The number of fused-ring (bicyclic) bond motifs is 5. The Labute approximate surface area is 317 Å². The van der Waals surface area contributed by atoms with Crippen LogP contribution in [0.3, 0.4) is 0 Å². The van der Waals surface area contributed by atoms with Crippen LogP contribution in [0.5, 0.6) is 0 Å². The van der Waals surface area contributed by atoms with E-state index in [1.165, 1.54) is 29.9 Å². The van der Waals surface area contributed by atoms with Gasteiger partial charge in [-0.2, -0.15) is 19.0 Å². The third-order valence-electron chi connectivity index (χ3n) is 9.81. The highest BCUT2D eigenvalue weighted by Crippen LogP contribution is 2.68. The van der Waals surface area contributed by atoms with Crippen molar-refractivity contribution < 1.29 is 39.6 Å². The average molecular weight is 820 g/mol. The van der Waals surface area contributed by atoms with Crippen molar-refractivity contribution in [2.24, 2.45) is 13.0 Å². The van der Waals surface area contributed by atoms with Gasteiger partial charge in [0.2, 0.25) is 15.9 Å². The number of aromatic nitrogens is 7. The smallest absolute Gasteiger partial charge is 0.293 e. The van der Waals surface area contributed by atoms with Crippen LogP contribution in [0.4, 0.5) is 32.2 Å². The maximum Gasteiger partial charge on any atom is 0.293 e. The van der Waals surface area contributed by atoms with Crippen LogP contribution in [0.15, 0.2) is 47.3 Å². The zero-order chi connectivity index (χ0) is 40.2. The Hall–Kier alpha value is -5.50. The fourth-order valence-corrected chi connectivity index (χ4v) is 8.29. The van der Waals surface area contributed by atoms with E-state index in [0.29, 0.717) is 16.4 Å². The lowest BCUT2D eigenvalue weighted by atomic mass is 10.0. The van der Waals surface area contributed by atoms with Gasteiger partial charge < -0.3 is 5.32 Å². The number of nitrogens with zero attached hydrogens (tertiary/aromatic N) is 7. The lowest BCUT2D eigenvalue weighted by Gasteiger charge is -2.24. The van der Waals surface area contributed by atoms with Gasteiger partial charge in [-0.1, -0.05) is 11.6 Å². The summed E-state index contributed by atoms with van der Waals surface area (Å²) >= 11 is 6.56. The number of anilines is 1. The van der Waals surface area contributed by atoms with Gasteiger partial charge in [0.15, 0.2) is 11.5 Å². The predicted molar refractivity (Wildman–Crippen MR) is 190 cm³/mol. The standard InChI is InChI=1S/C35H28ClF6N9O4S/c1-14-4-5-18-31(43-14)45-33(51(34(18)53)23-7-6-21(36)26-28(23)49(2)47-32(26)48-56(3,54)55)22(10-15-8-16(37)11-17(38)9-15)44-24(52)13-50-29-25(27(46-50)30(39)40)19-12-20(19)35(29,41)42/h4-9,11,19-20,22,30H,10,12-13H2,1-3H3,(H,44,52)(H,47,48)/t19-,20+,22?/m0/s1. The lowest BCUT2D eigenvalue weighted by Crippen LogP contribution is -2.38. The highest BCUT2D eigenvalue weighted by Gasteiger charge is 2.67. The molecule has 56 heavy (non-hydrogen) atoms. The number of nitrogens with one attached hydrogen (secondary N) is 2. The molecule has 2 aromatic carbocycles. The molecule has 0 spiro atoms. The summed E-state index contributed by atoms with van der Waals surface area (Å²) in [7, 11) is -2.44. The minimum Gasteiger partial charge on any atom is -0.344 e. The molecule has 0 aliphatic heterocycles. The number of benzene rings is 2. The number of alkyl halides is 4. The fraction of sp³-hybridized carbons (Fsp3) is 0.314. The maximum absolute atomic E-state index is 15.4. The van der Waals surface area contributed by atoms with Crippen LogP contribution in [0, 0.1) is 24.5 Å². The van der Waals surface area contributed by atoms with Gasteiger partial charge in [-0.3, -0.25) is 28.2 Å². The molecule has 3 atom stereocenters. The minimum absolute atomic E-state index is 0.00297. The fourth-order valence-electron chi connectivity index (χ4n) is 7.56. The van der Waals surface area contributed by atoms with Crippen molar-refractivity contribution in [2.75, 3.05) is 11.0 Å². The summed E-state index contributed by atoms with van der Waals surface area (Å²) in [6.45, 7) is 0.659. The van der Waals surface area contributed by atoms with Crippen LogP contribution in [0.25, 0.3) is 27.6 Å². The molecule has 2 aliphatic rings. The number of pyridine rings is 1. The molecular weight excluding hydrogens is 792 g/mol.